The van der Waals surface area contributed by atoms with Crippen LogP contribution in [0.2, 0.25) is 5.02 Å². The molecule has 25 heavy (non-hydrogen) atoms. The number of benzene rings is 2. The van der Waals surface area contributed by atoms with Crippen molar-refractivity contribution >= 4 is 28.9 Å². The van der Waals surface area contributed by atoms with Crippen molar-refractivity contribution in [1.82, 2.24) is 5.48 Å². The number of nitrogens with zero attached hydrogens (tertiary/aromatic N) is 1. The van der Waals surface area contributed by atoms with Gasteiger partial charge in [0.15, 0.2) is 5.75 Å². The Hall–Kier alpha value is -2.82. The first-order valence-corrected chi connectivity index (χ1v) is 7.61. The number of halogens is 2. The molecule has 1 amide bonds. The van der Waals surface area contributed by atoms with Gasteiger partial charge in [-0.2, -0.15) is 5.26 Å². The van der Waals surface area contributed by atoms with Gasteiger partial charge in [-0.1, -0.05) is 23.7 Å². The molecular formula is C17H16ClFN4O2. The number of nitrogens with two attached hydrogens (primary N) is 1. The molecule has 130 valence electrons. The second kappa shape index (κ2) is 7.38. The Labute approximate surface area is 149 Å². The molecule has 6 nitrogen and oxygen atoms in total. The van der Waals surface area contributed by atoms with Gasteiger partial charge in [0.25, 0.3) is 5.91 Å². The molecule has 2 aromatic carbocycles. The van der Waals surface area contributed by atoms with Gasteiger partial charge < -0.3 is 15.9 Å². The van der Waals surface area contributed by atoms with E-state index in [4.69, 9.17) is 27.4 Å². The third-order valence-electron chi connectivity index (χ3n) is 3.17. The number of carbonyl (C=O) groups is 1. The first-order valence-electron chi connectivity index (χ1n) is 7.23. The summed E-state index contributed by atoms with van der Waals surface area (Å²) in [4.78, 5) is 17.5. The highest BCUT2D eigenvalue weighted by molar-refractivity contribution is 6.32. The van der Waals surface area contributed by atoms with Gasteiger partial charge in [0.1, 0.15) is 11.4 Å². The van der Waals surface area contributed by atoms with Crippen LogP contribution in [0.5, 0.6) is 5.75 Å². The minimum atomic E-state index is -0.986. The van der Waals surface area contributed by atoms with Crippen molar-refractivity contribution in [2.45, 2.75) is 19.4 Å². The zero-order chi connectivity index (χ0) is 18.6. The smallest absolute Gasteiger partial charge is 0.257 e. The van der Waals surface area contributed by atoms with E-state index < -0.39 is 17.3 Å². The number of hydroxylamine groups is 1. The highest BCUT2D eigenvalue weighted by Crippen LogP contribution is 2.31. The Morgan fingerprint density at radius 3 is 2.68 bits per heavy atom. The summed E-state index contributed by atoms with van der Waals surface area (Å²) in [7, 11) is 0. The summed E-state index contributed by atoms with van der Waals surface area (Å²) >= 11 is 5.93. The molecule has 0 saturated carbocycles. The van der Waals surface area contributed by atoms with Crippen LogP contribution in [-0.4, -0.2) is 11.4 Å². The molecule has 0 aliphatic rings. The number of carbonyl (C=O) groups excluding carboxylic acids is 1. The summed E-state index contributed by atoms with van der Waals surface area (Å²) in [6, 6.07) is 10.6. The molecule has 2 aromatic rings. The van der Waals surface area contributed by atoms with Crippen molar-refractivity contribution in [3.8, 4) is 11.8 Å². The zero-order valence-corrected chi connectivity index (χ0v) is 14.3. The van der Waals surface area contributed by atoms with E-state index in [1.807, 2.05) is 6.07 Å². The zero-order valence-electron chi connectivity index (χ0n) is 13.6. The molecule has 0 aliphatic carbocycles. The first kappa shape index (κ1) is 18.5. The van der Waals surface area contributed by atoms with Crippen LogP contribution in [0, 0.1) is 17.1 Å². The monoisotopic (exact) mass is 362 g/mol. The fraction of sp³-hybridized carbons (Fsp3) is 0.176. The van der Waals surface area contributed by atoms with Crippen molar-refractivity contribution < 1.29 is 14.0 Å². The van der Waals surface area contributed by atoms with Crippen LogP contribution in [0.1, 0.15) is 24.2 Å². The maximum absolute atomic E-state index is 14.1. The molecule has 4 N–H and O–H groups in total. The normalized spacial score (nSPS) is 10.8. The predicted molar refractivity (Wildman–Crippen MR) is 93.7 cm³/mol. The van der Waals surface area contributed by atoms with E-state index in [-0.39, 0.29) is 27.7 Å². The van der Waals surface area contributed by atoms with Crippen LogP contribution < -0.4 is 21.4 Å². The third-order valence-corrected chi connectivity index (χ3v) is 3.47. The number of nitrogen functional groups attached to an aromatic ring is 1. The largest absolute Gasteiger partial charge is 0.406 e. The molecule has 0 bridgehead atoms. The molecule has 0 aliphatic heterocycles. The average molecular weight is 363 g/mol. The van der Waals surface area contributed by atoms with Crippen molar-refractivity contribution in [2.75, 3.05) is 11.1 Å². The van der Waals surface area contributed by atoms with Gasteiger partial charge in [-0.25, -0.2) is 4.39 Å². The third kappa shape index (κ3) is 4.59. The summed E-state index contributed by atoms with van der Waals surface area (Å²) in [5.74, 6) is -1.25. The molecule has 0 heterocycles. The lowest BCUT2D eigenvalue weighted by Gasteiger charge is -2.19. The molecule has 0 radical (unpaired) electrons. The molecule has 0 saturated heterocycles. The van der Waals surface area contributed by atoms with Crippen molar-refractivity contribution in [2.24, 2.45) is 0 Å². The highest BCUT2D eigenvalue weighted by Gasteiger charge is 2.19. The van der Waals surface area contributed by atoms with E-state index >= 15 is 0 Å². The molecule has 8 heteroatoms. The Morgan fingerprint density at radius 1 is 1.36 bits per heavy atom. The quantitative estimate of drug-likeness (QED) is 0.558. The fourth-order valence-electron chi connectivity index (χ4n) is 1.80. The number of hydrogen-bond acceptors (Lipinski definition) is 5. The van der Waals surface area contributed by atoms with Gasteiger partial charge in [-0.15, -0.1) is 5.48 Å². The molecule has 0 atom stereocenters. The first-order chi connectivity index (χ1) is 11.7. The molecule has 0 spiro atoms. The van der Waals surface area contributed by atoms with Crippen LogP contribution in [0.15, 0.2) is 36.4 Å². The number of nitriles is 1. The second-order valence-electron chi connectivity index (χ2n) is 5.74. The number of amides is 1. The predicted octanol–water partition coefficient (Wildman–Crippen LogP) is 3.50. The van der Waals surface area contributed by atoms with Crippen molar-refractivity contribution in [1.29, 1.82) is 5.26 Å². The van der Waals surface area contributed by atoms with Gasteiger partial charge >= 0.3 is 0 Å². The maximum atomic E-state index is 14.1. The molecule has 0 unspecified atom stereocenters. The Morgan fingerprint density at radius 2 is 2.04 bits per heavy atom. The number of rotatable bonds is 5. The fourth-order valence-corrected chi connectivity index (χ4v) is 1.99. The summed E-state index contributed by atoms with van der Waals surface area (Å²) in [6.45, 7) is 3.18. The number of para-hydroxylation sites is 1. The van der Waals surface area contributed by atoms with Gasteiger partial charge in [0.2, 0.25) is 0 Å². The van der Waals surface area contributed by atoms with Gasteiger partial charge in [-0.05, 0) is 32.0 Å². The summed E-state index contributed by atoms with van der Waals surface area (Å²) in [6.07, 6.45) is 0. The van der Waals surface area contributed by atoms with Gasteiger partial charge in [-0.3, -0.25) is 4.79 Å². The average Bonchev–Trinajstić information content (AvgIpc) is 2.56. The standard InChI is InChI=1S/C17H16ClFN4O2/c1-17(2,9-20)23-25-15-8-14(12(19)7-11(15)18)22-16(24)10-5-3-4-6-13(10)21/h3-8,23H,21H2,1-2H3,(H,22,24). The Kier molecular flexibility index (Phi) is 5.47. The van der Waals surface area contributed by atoms with E-state index in [9.17, 15) is 9.18 Å². The maximum Gasteiger partial charge on any atom is 0.257 e. The van der Waals surface area contributed by atoms with Gasteiger partial charge in [0.05, 0.1) is 22.3 Å². The SMILES string of the molecule is CC(C)(C#N)NOc1cc(NC(=O)c2ccccc2N)c(F)cc1Cl. The van der Waals surface area contributed by atoms with Crippen LogP contribution >= 0.6 is 11.6 Å². The lowest BCUT2D eigenvalue weighted by molar-refractivity contribution is 0.102. The van der Waals surface area contributed by atoms with E-state index in [1.54, 1.807) is 32.0 Å². The van der Waals surface area contributed by atoms with E-state index in [0.717, 1.165) is 6.07 Å². The summed E-state index contributed by atoms with van der Waals surface area (Å²) in [5, 5.41) is 11.4. The van der Waals surface area contributed by atoms with E-state index in [0.29, 0.717) is 0 Å². The summed E-state index contributed by atoms with van der Waals surface area (Å²) < 4.78 is 14.1. The summed E-state index contributed by atoms with van der Waals surface area (Å²) in [5.41, 5.74) is 7.60. The molecule has 0 aromatic heterocycles. The van der Waals surface area contributed by atoms with Crippen LogP contribution in [0.25, 0.3) is 0 Å². The minimum Gasteiger partial charge on any atom is -0.406 e. The minimum absolute atomic E-state index is 0.0176. The lowest BCUT2D eigenvalue weighted by atomic mass is 10.1. The van der Waals surface area contributed by atoms with Crippen molar-refractivity contribution in [3.05, 3.63) is 52.8 Å². The van der Waals surface area contributed by atoms with E-state index in [1.165, 1.54) is 12.1 Å². The molecule has 0 fully saturated rings. The number of anilines is 2. The second-order valence-corrected chi connectivity index (χ2v) is 6.15. The van der Waals surface area contributed by atoms with Crippen LogP contribution in [-0.2, 0) is 0 Å². The topological polar surface area (TPSA) is 100 Å². The Bertz CT molecular complexity index is 849. The van der Waals surface area contributed by atoms with Crippen molar-refractivity contribution in [3.63, 3.8) is 0 Å². The van der Waals surface area contributed by atoms with Gasteiger partial charge in [0, 0.05) is 11.8 Å². The molecular weight excluding hydrogens is 347 g/mol. The molecule has 2 rings (SSSR count). The Balaban J connectivity index is 2.24. The lowest BCUT2D eigenvalue weighted by Crippen LogP contribution is -2.40. The van der Waals surface area contributed by atoms with Crippen LogP contribution in [0.4, 0.5) is 15.8 Å². The number of nitrogens with one attached hydrogen (secondary N) is 2. The highest BCUT2D eigenvalue weighted by atomic mass is 35.5. The number of hydrogen-bond donors (Lipinski definition) is 3. The van der Waals surface area contributed by atoms with Crippen LogP contribution in [0.3, 0.4) is 0 Å². The van der Waals surface area contributed by atoms with E-state index in [2.05, 4.69) is 10.8 Å².